The Morgan fingerprint density at radius 3 is 2.69 bits per heavy atom. The van der Waals surface area contributed by atoms with Crippen molar-refractivity contribution in [1.82, 2.24) is 19.4 Å². The third-order valence-electron chi connectivity index (χ3n) is 6.62. The number of rotatable bonds is 4. The number of carbonyl (C=O) groups is 2. The summed E-state index contributed by atoms with van der Waals surface area (Å²) < 4.78 is 2.07. The lowest BCUT2D eigenvalue weighted by Gasteiger charge is -2.32. The SMILES string of the molecule is Cn1cc(C2CCN(C(=O)c3cccc(=O)[nH]3)CC2)c2cc(NC(=O)c3cc(C#N)ccn3)ccc21. The van der Waals surface area contributed by atoms with Crippen LogP contribution in [0, 0.1) is 11.3 Å². The molecule has 3 aromatic heterocycles. The van der Waals surface area contributed by atoms with E-state index in [2.05, 4.69) is 26.0 Å². The van der Waals surface area contributed by atoms with Gasteiger partial charge in [-0.2, -0.15) is 5.26 Å². The molecule has 0 bridgehead atoms. The van der Waals surface area contributed by atoms with Crippen LogP contribution in [-0.2, 0) is 7.05 Å². The zero-order valence-corrected chi connectivity index (χ0v) is 19.7. The Morgan fingerprint density at radius 1 is 1.14 bits per heavy atom. The molecule has 5 rings (SSSR count). The standard InChI is InChI=1S/C27H24N6O3/c1-32-16-21(18-8-11-33(12-9-18)27(36)22-3-2-4-25(34)31-22)20-14-19(5-6-24(20)32)30-26(35)23-13-17(15-28)7-10-29-23/h2-7,10,13-14,16,18H,8-9,11-12H2,1H3,(H,30,35)(H,31,34). The van der Waals surface area contributed by atoms with Crippen molar-refractivity contribution < 1.29 is 9.59 Å². The number of hydrogen-bond donors (Lipinski definition) is 2. The first-order valence-corrected chi connectivity index (χ1v) is 11.7. The van der Waals surface area contributed by atoms with Crippen molar-refractivity contribution in [2.75, 3.05) is 18.4 Å². The minimum atomic E-state index is -0.380. The minimum absolute atomic E-state index is 0.164. The highest BCUT2D eigenvalue weighted by Crippen LogP contribution is 2.35. The molecule has 1 aliphatic heterocycles. The number of anilines is 1. The molecule has 1 saturated heterocycles. The predicted octanol–water partition coefficient (Wildman–Crippen LogP) is 3.41. The van der Waals surface area contributed by atoms with Gasteiger partial charge in [-0.3, -0.25) is 19.4 Å². The molecular weight excluding hydrogens is 456 g/mol. The van der Waals surface area contributed by atoms with Gasteiger partial charge in [-0.1, -0.05) is 6.07 Å². The minimum Gasteiger partial charge on any atom is -0.350 e. The molecule has 9 heteroatoms. The summed E-state index contributed by atoms with van der Waals surface area (Å²) in [6, 6.07) is 15.4. The second kappa shape index (κ2) is 9.50. The van der Waals surface area contributed by atoms with E-state index in [4.69, 9.17) is 5.26 Å². The van der Waals surface area contributed by atoms with E-state index in [-0.39, 0.29) is 29.0 Å². The molecule has 180 valence electrons. The van der Waals surface area contributed by atoms with Crippen molar-refractivity contribution >= 4 is 28.4 Å². The van der Waals surface area contributed by atoms with Crippen molar-refractivity contribution in [2.24, 2.45) is 7.05 Å². The van der Waals surface area contributed by atoms with Crippen molar-refractivity contribution in [1.29, 1.82) is 5.26 Å². The maximum Gasteiger partial charge on any atom is 0.274 e. The number of likely N-dealkylation sites (tertiary alicyclic amines) is 1. The van der Waals surface area contributed by atoms with Crippen LogP contribution in [0.25, 0.3) is 10.9 Å². The van der Waals surface area contributed by atoms with Crippen LogP contribution in [0.5, 0.6) is 0 Å². The summed E-state index contributed by atoms with van der Waals surface area (Å²) in [5.41, 5.74) is 3.44. The highest BCUT2D eigenvalue weighted by atomic mass is 16.2. The number of aromatic amines is 1. The lowest BCUT2D eigenvalue weighted by Crippen LogP contribution is -2.38. The van der Waals surface area contributed by atoms with Gasteiger partial charge in [-0.25, -0.2) is 0 Å². The number of H-pyrrole nitrogens is 1. The molecule has 9 nitrogen and oxygen atoms in total. The summed E-state index contributed by atoms with van der Waals surface area (Å²) in [7, 11) is 1.99. The fourth-order valence-electron chi connectivity index (χ4n) is 4.78. The highest BCUT2D eigenvalue weighted by molar-refractivity contribution is 6.04. The number of pyridine rings is 2. The average Bonchev–Trinajstić information content (AvgIpc) is 3.24. The van der Waals surface area contributed by atoms with Gasteiger partial charge in [-0.15, -0.1) is 0 Å². The molecular formula is C27H24N6O3. The monoisotopic (exact) mass is 480 g/mol. The quantitative estimate of drug-likeness (QED) is 0.463. The number of nitrogens with one attached hydrogen (secondary N) is 2. The smallest absolute Gasteiger partial charge is 0.274 e. The second-order valence-electron chi connectivity index (χ2n) is 8.92. The van der Waals surface area contributed by atoms with E-state index in [0.29, 0.717) is 30.0 Å². The number of hydrogen-bond acceptors (Lipinski definition) is 5. The first kappa shape index (κ1) is 23.1. The zero-order valence-electron chi connectivity index (χ0n) is 19.7. The van der Waals surface area contributed by atoms with Gasteiger partial charge >= 0.3 is 0 Å². The molecule has 2 N–H and O–H groups in total. The van der Waals surface area contributed by atoms with E-state index in [1.54, 1.807) is 23.1 Å². The Morgan fingerprint density at radius 2 is 1.94 bits per heavy atom. The lowest BCUT2D eigenvalue weighted by molar-refractivity contribution is 0.0707. The first-order chi connectivity index (χ1) is 17.4. The van der Waals surface area contributed by atoms with Crippen LogP contribution in [0.4, 0.5) is 5.69 Å². The maximum absolute atomic E-state index is 12.8. The fraction of sp³-hybridized carbons (Fsp3) is 0.222. The number of nitrogens with zero attached hydrogens (tertiary/aromatic N) is 4. The predicted molar refractivity (Wildman–Crippen MR) is 135 cm³/mol. The molecule has 0 unspecified atom stereocenters. The molecule has 0 atom stereocenters. The van der Waals surface area contributed by atoms with Gasteiger partial charge in [0.25, 0.3) is 11.8 Å². The van der Waals surface area contributed by atoms with Crippen LogP contribution in [0.15, 0.2) is 65.7 Å². The third kappa shape index (κ3) is 4.49. The fourth-order valence-corrected chi connectivity index (χ4v) is 4.78. The van der Waals surface area contributed by atoms with E-state index in [1.807, 2.05) is 31.3 Å². The van der Waals surface area contributed by atoms with Gasteiger partial charge in [0.2, 0.25) is 5.56 Å². The molecule has 1 aliphatic rings. The molecule has 0 radical (unpaired) electrons. The largest absolute Gasteiger partial charge is 0.350 e. The van der Waals surface area contributed by atoms with Gasteiger partial charge in [0.1, 0.15) is 11.4 Å². The van der Waals surface area contributed by atoms with E-state index in [1.165, 1.54) is 23.9 Å². The van der Waals surface area contributed by atoms with Crippen LogP contribution in [0.1, 0.15) is 50.9 Å². The van der Waals surface area contributed by atoms with Gasteiger partial charge in [-0.05, 0) is 60.7 Å². The molecule has 1 aromatic carbocycles. The second-order valence-corrected chi connectivity index (χ2v) is 8.92. The van der Waals surface area contributed by atoms with Crippen molar-refractivity contribution in [3.63, 3.8) is 0 Å². The summed E-state index contributed by atoms with van der Waals surface area (Å²) >= 11 is 0. The van der Waals surface area contributed by atoms with E-state index in [0.717, 1.165) is 23.7 Å². The van der Waals surface area contributed by atoms with Crippen LogP contribution < -0.4 is 10.9 Å². The molecule has 2 amide bonds. The summed E-state index contributed by atoms with van der Waals surface area (Å²) in [5, 5.41) is 13.0. The number of carbonyl (C=O) groups excluding carboxylic acids is 2. The molecule has 0 spiro atoms. The van der Waals surface area contributed by atoms with E-state index in [9.17, 15) is 14.4 Å². The Hall–Kier alpha value is -4.71. The van der Waals surface area contributed by atoms with E-state index < -0.39 is 0 Å². The summed E-state index contributed by atoms with van der Waals surface area (Å²) in [4.78, 5) is 45.5. The number of nitriles is 1. The van der Waals surface area contributed by atoms with Gasteiger partial charge < -0.3 is 19.8 Å². The third-order valence-corrected chi connectivity index (χ3v) is 6.62. The molecule has 1 fully saturated rings. The Bertz CT molecular complexity index is 1570. The maximum atomic E-state index is 12.8. The summed E-state index contributed by atoms with van der Waals surface area (Å²) in [5.74, 6) is -0.287. The molecule has 4 heterocycles. The number of amides is 2. The van der Waals surface area contributed by atoms with Crippen LogP contribution in [-0.4, -0.2) is 44.3 Å². The molecule has 0 saturated carbocycles. The number of fused-ring (bicyclic) bond motifs is 1. The summed E-state index contributed by atoms with van der Waals surface area (Å²) in [6.45, 7) is 1.18. The van der Waals surface area contributed by atoms with Crippen molar-refractivity contribution in [3.05, 3.63) is 93.8 Å². The normalized spacial score (nSPS) is 13.9. The Kier molecular flexibility index (Phi) is 6.09. The van der Waals surface area contributed by atoms with Gasteiger partial charge in [0.05, 0.1) is 11.6 Å². The number of benzene rings is 1. The summed E-state index contributed by atoms with van der Waals surface area (Å²) in [6.07, 6.45) is 5.15. The number of aromatic nitrogens is 3. The van der Waals surface area contributed by atoms with Crippen LogP contribution in [0.3, 0.4) is 0 Å². The van der Waals surface area contributed by atoms with Crippen LogP contribution >= 0.6 is 0 Å². The number of piperidine rings is 1. The highest BCUT2D eigenvalue weighted by Gasteiger charge is 2.27. The Labute approximate surface area is 207 Å². The first-order valence-electron chi connectivity index (χ1n) is 11.7. The van der Waals surface area contributed by atoms with Crippen LogP contribution in [0.2, 0.25) is 0 Å². The molecule has 4 aromatic rings. The van der Waals surface area contributed by atoms with Crippen molar-refractivity contribution in [2.45, 2.75) is 18.8 Å². The van der Waals surface area contributed by atoms with Gasteiger partial charge in [0, 0.05) is 55.2 Å². The topological polar surface area (TPSA) is 124 Å². The van der Waals surface area contributed by atoms with Gasteiger partial charge in [0.15, 0.2) is 0 Å². The van der Waals surface area contributed by atoms with E-state index >= 15 is 0 Å². The van der Waals surface area contributed by atoms with Crippen molar-refractivity contribution in [3.8, 4) is 6.07 Å². The average molecular weight is 481 g/mol. The lowest BCUT2D eigenvalue weighted by atomic mass is 9.89. The number of aryl methyl sites for hydroxylation is 1. The zero-order chi connectivity index (χ0) is 25.2. The molecule has 36 heavy (non-hydrogen) atoms. The molecule has 0 aliphatic carbocycles. The Balaban J connectivity index is 1.34.